The average Bonchev–Trinajstić information content (AvgIpc) is 3.07. The summed E-state index contributed by atoms with van der Waals surface area (Å²) in [7, 11) is 0. The lowest BCUT2D eigenvalue weighted by molar-refractivity contribution is 0.0462. The molecular weight excluding hydrogens is 312 g/mol. The number of para-hydroxylation sites is 1. The first-order valence-electron chi connectivity index (χ1n) is 7.25. The Bertz CT molecular complexity index is 996. The number of ether oxygens (including phenoxy) is 3. The Labute approximate surface area is 135 Å². The number of rotatable bonds is 3. The molecular formula is C17H12N2O5. The van der Waals surface area contributed by atoms with E-state index in [1.165, 1.54) is 0 Å². The van der Waals surface area contributed by atoms with Crippen molar-refractivity contribution in [2.75, 3.05) is 6.79 Å². The second kappa shape index (κ2) is 5.69. The Morgan fingerprint density at radius 1 is 1.17 bits per heavy atom. The molecule has 24 heavy (non-hydrogen) atoms. The molecule has 1 aliphatic rings. The molecule has 0 aliphatic carbocycles. The average molecular weight is 324 g/mol. The Hall–Kier alpha value is -3.35. The summed E-state index contributed by atoms with van der Waals surface area (Å²) in [4.78, 5) is 31.0. The van der Waals surface area contributed by atoms with Gasteiger partial charge in [-0.3, -0.25) is 4.79 Å². The van der Waals surface area contributed by atoms with Crippen molar-refractivity contribution in [3.63, 3.8) is 0 Å². The maximum Gasteiger partial charge on any atom is 0.338 e. The number of benzene rings is 2. The number of esters is 1. The van der Waals surface area contributed by atoms with Crippen LogP contribution >= 0.6 is 0 Å². The fourth-order valence-corrected chi connectivity index (χ4v) is 2.44. The summed E-state index contributed by atoms with van der Waals surface area (Å²) in [5.41, 5.74) is 0.618. The molecule has 1 aliphatic heterocycles. The van der Waals surface area contributed by atoms with Crippen molar-refractivity contribution >= 4 is 16.9 Å². The predicted octanol–water partition coefficient (Wildman–Crippen LogP) is 2.01. The Kier molecular flexibility index (Phi) is 3.38. The summed E-state index contributed by atoms with van der Waals surface area (Å²) in [6.07, 6.45) is 0. The van der Waals surface area contributed by atoms with Gasteiger partial charge in [0, 0.05) is 0 Å². The molecule has 0 radical (unpaired) electrons. The van der Waals surface area contributed by atoms with Gasteiger partial charge >= 0.3 is 5.97 Å². The first-order chi connectivity index (χ1) is 11.7. The molecule has 0 atom stereocenters. The fraction of sp³-hybridized carbons (Fsp3) is 0.118. The van der Waals surface area contributed by atoms with Gasteiger partial charge in [0.05, 0.1) is 16.5 Å². The molecule has 0 amide bonds. The molecule has 0 unspecified atom stereocenters. The lowest BCUT2D eigenvalue weighted by atomic mass is 10.2. The topological polar surface area (TPSA) is 90.5 Å². The first-order valence-corrected chi connectivity index (χ1v) is 7.25. The number of hydrogen-bond acceptors (Lipinski definition) is 6. The third-order valence-corrected chi connectivity index (χ3v) is 3.61. The molecule has 0 saturated carbocycles. The quantitative estimate of drug-likeness (QED) is 0.741. The molecule has 2 heterocycles. The van der Waals surface area contributed by atoms with E-state index in [9.17, 15) is 9.59 Å². The molecule has 1 aromatic heterocycles. The van der Waals surface area contributed by atoms with E-state index < -0.39 is 5.97 Å². The fourth-order valence-electron chi connectivity index (χ4n) is 2.44. The van der Waals surface area contributed by atoms with Crippen LogP contribution in [0, 0.1) is 0 Å². The van der Waals surface area contributed by atoms with Crippen molar-refractivity contribution in [3.8, 4) is 11.5 Å². The number of nitrogens with zero attached hydrogens (tertiary/aromatic N) is 1. The van der Waals surface area contributed by atoms with Crippen LogP contribution < -0.4 is 15.0 Å². The van der Waals surface area contributed by atoms with Crippen LogP contribution in [-0.4, -0.2) is 22.7 Å². The molecule has 7 heteroatoms. The molecule has 0 fully saturated rings. The van der Waals surface area contributed by atoms with E-state index in [0.717, 1.165) is 0 Å². The third-order valence-electron chi connectivity index (χ3n) is 3.61. The van der Waals surface area contributed by atoms with Crippen molar-refractivity contribution < 1.29 is 19.0 Å². The van der Waals surface area contributed by atoms with Crippen molar-refractivity contribution in [1.82, 2.24) is 9.97 Å². The highest BCUT2D eigenvalue weighted by Crippen LogP contribution is 2.32. The number of aromatic amines is 1. The van der Waals surface area contributed by atoms with Crippen molar-refractivity contribution in [2.24, 2.45) is 0 Å². The summed E-state index contributed by atoms with van der Waals surface area (Å²) >= 11 is 0. The summed E-state index contributed by atoms with van der Waals surface area (Å²) in [6, 6.07) is 11.8. The normalized spacial score (nSPS) is 12.3. The zero-order valence-electron chi connectivity index (χ0n) is 12.4. The predicted molar refractivity (Wildman–Crippen MR) is 84.0 cm³/mol. The Morgan fingerprint density at radius 3 is 2.92 bits per heavy atom. The van der Waals surface area contributed by atoms with Gasteiger partial charge in [0.15, 0.2) is 11.5 Å². The minimum atomic E-state index is -0.538. The first kappa shape index (κ1) is 14.3. The van der Waals surface area contributed by atoms with Gasteiger partial charge in [0.2, 0.25) is 6.79 Å². The number of nitrogens with one attached hydrogen (secondary N) is 1. The molecule has 7 nitrogen and oxygen atoms in total. The van der Waals surface area contributed by atoms with Gasteiger partial charge in [0.25, 0.3) is 5.56 Å². The van der Waals surface area contributed by atoms with Crippen molar-refractivity contribution in [1.29, 1.82) is 0 Å². The molecule has 4 rings (SSSR count). The minimum absolute atomic E-state index is 0.132. The summed E-state index contributed by atoms with van der Waals surface area (Å²) < 4.78 is 15.6. The van der Waals surface area contributed by atoms with Crippen LogP contribution in [0.15, 0.2) is 47.3 Å². The van der Waals surface area contributed by atoms with Gasteiger partial charge in [-0.25, -0.2) is 9.78 Å². The largest absolute Gasteiger partial charge is 0.454 e. The van der Waals surface area contributed by atoms with Crippen LogP contribution in [0.3, 0.4) is 0 Å². The molecule has 0 bridgehead atoms. The van der Waals surface area contributed by atoms with Crippen LogP contribution in [0.25, 0.3) is 10.9 Å². The van der Waals surface area contributed by atoms with E-state index >= 15 is 0 Å². The number of H-pyrrole nitrogens is 1. The molecule has 2 aromatic carbocycles. The molecule has 3 aromatic rings. The molecule has 120 valence electrons. The minimum Gasteiger partial charge on any atom is -0.454 e. The van der Waals surface area contributed by atoms with Crippen LogP contribution in [0.5, 0.6) is 11.5 Å². The van der Waals surface area contributed by atoms with E-state index in [2.05, 4.69) is 9.97 Å². The Balaban J connectivity index is 1.52. The standard InChI is InChI=1S/C17H12N2O5/c20-16-11-3-1-2-4-12(11)18-15(19-16)8-22-17(21)10-5-6-13-14(7-10)24-9-23-13/h1-7H,8-9H2,(H,18,19,20). The van der Waals surface area contributed by atoms with Crippen LogP contribution in [0.2, 0.25) is 0 Å². The van der Waals surface area contributed by atoms with Crippen molar-refractivity contribution in [2.45, 2.75) is 6.61 Å². The van der Waals surface area contributed by atoms with E-state index in [1.54, 1.807) is 42.5 Å². The monoisotopic (exact) mass is 324 g/mol. The van der Waals surface area contributed by atoms with Crippen LogP contribution in [0.4, 0.5) is 0 Å². The van der Waals surface area contributed by atoms with Gasteiger partial charge in [-0.1, -0.05) is 12.1 Å². The summed E-state index contributed by atoms with van der Waals surface area (Å²) in [5, 5.41) is 0.489. The number of carbonyl (C=O) groups is 1. The van der Waals surface area contributed by atoms with Gasteiger partial charge in [0.1, 0.15) is 12.4 Å². The second-order valence-corrected chi connectivity index (χ2v) is 5.17. The Morgan fingerprint density at radius 2 is 2.00 bits per heavy atom. The smallest absolute Gasteiger partial charge is 0.338 e. The maximum absolute atomic E-state index is 12.1. The highest BCUT2D eigenvalue weighted by molar-refractivity contribution is 5.90. The zero-order valence-corrected chi connectivity index (χ0v) is 12.4. The SMILES string of the molecule is O=C(OCc1nc2ccccc2c(=O)[nH]1)c1ccc2c(c1)OCO2. The molecule has 0 spiro atoms. The van der Waals surface area contributed by atoms with Gasteiger partial charge in [-0.15, -0.1) is 0 Å². The van der Waals surface area contributed by atoms with Gasteiger partial charge in [-0.05, 0) is 30.3 Å². The number of hydrogen-bond donors (Lipinski definition) is 1. The maximum atomic E-state index is 12.1. The zero-order chi connectivity index (χ0) is 16.5. The third kappa shape index (κ3) is 2.56. The lowest BCUT2D eigenvalue weighted by Gasteiger charge is -2.06. The van der Waals surface area contributed by atoms with Crippen LogP contribution in [0.1, 0.15) is 16.2 Å². The van der Waals surface area contributed by atoms with Crippen LogP contribution in [-0.2, 0) is 11.3 Å². The highest BCUT2D eigenvalue weighted by atomic mass is 16.7. The highest BCUT2D eigenvalue weighted by Gasteiger charge is 2.17. The summed E-state index contributed by atoms with van der Waals surface area (Å²) in [5.74, 6) is 0.839. The van der Waals surface area contributed by atoms with Crippen molar-refractivity contribution in [3.05, 3.63) is 64.2 Å². The van der Waals surface area contributed by atoms with E-state index in [0.29, 0.717) is 28.0 Å². The van der Waals surface area contributed by atoms with E-state index in [-0.39, 0.29) is 24.8 Å². The molecule has 1 N–H and O–H groups in total. The lowest BCUT2D eigenvalue weighted by Crippen LogP contribution is -2.14. The number of carbonyl (C=O) groups excluding carboxylic acids is 1. The second-order valence-electron chi connectivity index (χ2n) is 5.17. The van der Waals surface area contributed by atoms with Gasteiger partial charge in [-0.2, -0.15) is 0 Å². The van der Waals surface area contributed by atoms with E-state index in [4.69, 9.17) is 14.2 Å². The van der Waals surface area contributed by atoms with E-state index in [1.807, 2.05) is 0 Å². The van der Waals surface area contributed by atoms with Gasteiger partial charge < -0.3 is 19.2 Å². The molecule has 0 saturated heterocycles. The number of fused-ring (bicyclic) bond motifs is 2. The number of aromatic nitrogens is 2. The summed E-state index contributed by atoms with van der Waals surface area (Å²) in [6.45, 7) is 0.00340.